The summed E-state index contributed by atoms with van der Waals surface area (Å²) in [6, 6.07) is 7.64. The lowest BCUT2D eigenvalue weighted by molar-refractivity contribution is -0.147. The van der Waals surface area contributed by atoms with Crippen molar-refractivity contribution < 1.29 is 14.3 Å². The molecule has 5 nitrogen and oxygen atoms in total. The predicted molar refractivity (Wildman–Crippen MR) is 108 cm³/mol. The van der Waals surface area contributed by atoms with Gasteiger partial charge in [-0.1, -0.05) is 24.8 Å². The monoisotopic (exact) mass is 458 g/mol. The van der Waals surface area contributed by atoms with Crippen molar-refractivity contribution in [2.75, 3.05) is 13.2 Å². The molecular weight excluding hydrogens is 431 g/mol. The van der Waals surface area contributed by atoms with Crippen LogP contribution in [-0.4, -0.2) is 31.1 Å². The van der Waals surface area contributed by atoms with E-state index in [9.17, 15) is 9.59 Å². The van der Waals surface area contributed by atoms with Crippen molar-refractivity contribution in [3.8, 4) is 0 Å². The quantitative estimate of drug-likeness (QED) is 0.219. The van der Waals surface area contributed by atoms with Crippen molar-refractivity contribution in [1.82, 2.24) is 5.32 Å². The molecule has 3 N–H and O–H groups in total. The molecule has 0 radical (unpaired) electrons. The second kappa shape index (κ2) is 12.9. The number of amides is 1. The van der Waals surface area contributed by atoms with Gasteiger partial charge in [-0.2, -0.15) is 0 Å². The first kappa shape index (κ1) is 21.6. The van der Waals surface area contributed by atoms with E-state index in [1.54, 1.807) is 0 Å². The summed E-state index contributed by atoms with van der Waals surface area (Å²) in [5, 5.41) is 2.79. The summed E-state index contributed by atoms with van der Waals surface area (Å²) in [5.74, 6) is -0.540. The predicted octanol–water partition coefficient (Wildman–Crippen LogP) is 2.96. The lowest BCUT2D eigenvalue weighted by atomic mass is 10.1. The number of nitrogens with two attached hydrogens (primary N) is 1. The van der Waals surface area contributed by atoms with E-state index in [1.165, 1.54) is 15.2 Å². The normalized spacial score (nSPS) is 11.6. The molecular formula is C19H27IN2O3. The molecule has 0 saturated carbocycles. The van der Waals surface area contributed by atoms with Gasteiger partial charge in [-0.15, -0.1) is 0 Å². The maximum Gasteiger partial charge on any atom is 0.328 e. The molecule has 0 aromatic heterocycles. The summed E-state index contributed by atoms with van der Waals surface area (Å²) in [7, 11) is 0. The van der Waals surface area contributed by atoms with Crippen LogP contribution in [0.15, 0.2) is 36.9 Å². The molecule has 0 heterocycles. The number of unbranched alkanes of at least 4 members (excludes halogenated alkanes) is 1. The van der Waals surface area contributed by atoms with E-state index in [-0.39, 0.29) is 12.5 Å². The highest BCUT2D eigenvalue weighted by molar-refractivity contribution is 14.1. The Labute approximate surface area is 163 Å². The minimum atomic E-state index is -0.614. The highest BCUT2D eigenvalue weighted by atomic mass is 127. The standard InChI is InChI=1S/C19H27IN2O3/c1-2-14-25-19(24)17(7-3-4-13-21)22-18(23)8-5-6-15-9-11-16(20)12-10-15/h2,9-12,17H,1,3-8,13-14,21H2,(H,22,23)/t17-/m0/s1. The molecule has 1 amide bonds. The molecule has 0 bridgehead atoms. The Kier molecular flexibility index (Phi) is 11.1. The molecule has 1 aromatic rings. The topological polar surface area (TPSA) is 81.4 Å². The van der Waals surface area contributed by atoms with Gasteiger partial charge in [0.1, 0.15) is 12.6 Å². The number of rotatable bonds is 12. The van der Waals surface area contributed by atoms with E-state index in [2.05, 4.69) is 58.8 Å². The molecule has 0 aliphatic heterocycles. The smallest absolute Gasteiger partial charge is 0.328 e. The Morgan fingerprint density at radius 1 is 1.24 bits per heavy atom. The van der Waals surface area contributed by atoms with E-state index in [0.29, 0.717) is 19.4 Å². The zero-order chi connectivity index (χ0) is 18.5. The summed E-state index contributed by atoms with van der Waals surface area (Å²) in [6.45, 7) is 4.24. The third-order valence-electron chi connectivity index (χ3n) is 3.69. The number of hydrogen-bond acceptors (Lipinski definition) is 4. The molecule has 1 rings (SSSR count). The van der Waals surface area contributed by atoms with Gasteiger partial charge in [0, 0.05) is 9.99 Å². The van der Waals surface area contributed by atoms with Crippen LogP contribution >= 0.6 is 22.6 Å². The minimum Gasteiger partial charge on any atom is -0.460 e. The third kappa shape index (κ3) is 9.60. The molecule has 0 fully saturated rings. The van der Waals surface area contributed by atoms with Crippen molar-refractivity contribution >= 4 is 34.5 Å². The number of carbonyl (C=O) groups excluding carboxylic acids is 2. The van der Waals surface area contributed by atoms with Gasteiger partial charge in [-0.05, 0) is 78.9 Å². The van der Waals surface area contributed by atoms with Crippen molar-refractivity contribution in [3.63, 3.8) is 0 Å². The van der Waals surface area contributed by atoms with Crippen LogP contribution in [0, 0.1) is 3.57 Å². The Morgan fingerprint density at radius 3 is 2.60 bits per heavy atom. The van der Waals surface area contributed by atoms with Crippen LogP contribution in [0.5, 0.6) is 0 Å². The van der Waals surface area contributed by atoms with Crippen molar-refractivity contribution in [3.05, 3.63) is 46.1 Å². The first-order valence-electron chi connectivity index (χ1n) is 8.58. The summed E-state index contributed by atoms with van der Waals surface area (Å²) < 4.78 is 6.26. The summed E-state index contributed by atoms with van der Waals surface area (Å²) in [4.78, 5) is 24.2. The van der Waals surface area contributed by atoms with E-state index in [4.69, 9.17) is 10.5 Å². The fourth-order valence-corrected chi connectivity index (χ4v) is 2.71. The number of hydrogen-bond donors (Lipinski definition) is 2. The second-order valence-electron chi connectivity index (χ2n) is 5.80. The van der Waals surface area contributed by atoms with Gasteiger partial charge in [-0.25, -0.2) is 4.79 Å². The largest absolute Gasteiger partial charge is 0.460 e. The SMILES string of the molecule is C=CCOC(=O)[C@H](CCCCN)NC(=O)CCCc1ccc(I)cc1. The Morgan fingerprint density at radius 2 is 1.96 bits per heavy atom. The molecule has 138 valence electrons. The number of esters is 1. The maximum atomic E-state index is 12.1. The second-order valence-corrected chi connectivity index (χ2v) is 7.05. The van der Waals surface area contributed by atoms with Gasteiger partial charge < -0.3 is 15.8 Å². The van der Waals surface area contributed by atoms with Crippen LogP contribution in [0.3, 0.4) is 0 Å². The van der Waals surface area contributed by atoms with Crippen LogP contribution in [-0.2, 0) is 20.7 Å². The highest BCUT2D eigenvalue weighted by Crippen LogP contribution is 2.10. The summed E-state index contributed by atoms with van der Waals surface area (Å²) >= 11 is 2.27. The van der Waals surface area contributed by atoms with Crippen molar-refractivity contribution in [2.24, 2.45) is 5.73 Å². The number of ether oxygens (including phenoxy) is 1. The molecule has 6 heteroatoms. The molecule has 0 unspecified atom stereocenters. The first-order valence-corrected chi connectivity index (χ1v) is 9.66. The Bertz CT molecular complexity index is 546. The van der Waals surface area contributed by atoms with Crippen LogP contribution in [0.4, 0.5) is 0 Å². The fraction of sp³-hybridized carbons (Fsp3) is 0.474. The third-order valence-corrected chi connectivity index (χ3v) is 4.41. The molecule has 1 atom stereocenters. The van der Waals surface area contributed by atoms with Gasteiger partial charge in [0.2, 0.25) is 5.91 Å². The van der Waals surface area contributed by atoms with Gasteiger partial charge in [0.25, 0.3) is 0 Å². The number of aryl methyl sites for hydroxylation is 1. The van der Waals surface area contributed by atoms with E-state index < -0.39 is 12.0 Å². The fourth-order valence-electron chi connectivity index (χ4n) is 2.35. The Hall–Kier alpha value is -1.41. The van der Waals surface area contributed by atoms with E-state index in [0.717, 1.165) is 25.7 Å². The van der Waals surface area contributed by atoms with Crippen LogP contribution in [0.1, 0.15) is 37.7 Å². The van der Waals surface area contributed by atoms with Gasteiger partial charge in [0.05, 0.1) is 0 Å². The average molecular weight is 458 g/mol. The van der Waals surface area contributed by atoms with Gasteiger partial charge >= 0.3 is 5.97 Å². The van der Waals surface area contributed by atoms with Crippen LogP contribution in [0.25, 0.3) is 0 Å². The molecule has 0 saturated heterocycles. The van der Waals surface area contributed by atoms with E-state index in [1.807, 2.05) is 0 Å². The van der Waals surface area contributed by atoms with Crippen LogP contribution in [0.2, 0.25) is 0 Å². The van der Waals surface area contributed by atoms with Gasteiger partial charge in [-0.3, -0.25) is 4.79 Å². The number of carbonyl (C=O) groups is 2. The molecule has 1 aromatic carbocycles. The van der Waals surface area contributed by atoms with Crippen molar-refractivity contribution in [1.29, 1.82) is 0 Å². The number of benzene rings is 1. The average Bonchev–Trinajstić information content (AvgIpc) is 2.60. The molecule has 0 spiro atoms. The van der Waals surface area contributed by atoms with Gasteiger partial charge in [0.15, 0.2) is 0 Å². The molecule has 0 aliphatic rings. The van der Waals surface area contributed by atoms with Crippen LogP contribution < -0.4 is 11.1 Å². The van der Waals surface area contributed by atoms with Crippen molar-refractivity contribution in [2.45, 2.75) is 44.6 Å². The lowest BCUT2D eigenvalue weighted by Crippen LogP contribution is -2.42. The lowest BCUT2D eigenvalue weighted by Gasteiger charge is -2.17. The summed E-state index contributed by atoms with van der Waals surface area (Å²) in [6.07, 6.45) is 5.59. The number of nitrogens with one attached hydrogen (secondary N) is 1. The zero-order valence-electron chi connectivity index (χ0n) is 14.5. The first-order chi connectivity index (χ1) is 12.1. The van der Waals surface area contributed by atoms with E-state index >= 15 is 0 Å². The maximum absolute atomic E-state index is 12.1. The number of halogens is 1. The summed E-state index contributed by atoms with van der Waals surface area (Å²) in [5.41, 5.74) is 6.69. The zero-order valence-corrected chi connectivity index (χ0v) is 16.7. The highest BCUT2D eigenvalue weighted by Gasteiger charge is 2.21. The minimum absolute atomic E-state index is 0.126. The Balaban J connectivity index is 2.42. The molecule has 0 aliphatic carbocycles. The molecule has 25 heavy (non-hydrogen) atoms.